The molecule has 0 radical (unpaired) electrons. The molecule has 6 heteroatoms. The van der Waals surface area contributed by atoms with Gasteiger partial charge in [0.25, 0.3) is 0 Å². The Kier molecular flexibility index (Phi) is 10.7. The molecule has 0 aliphatic heterocycles. The molecule has 0 aromatic heterocycles. The Labute approximate surface area is 208 Å². The average molecular weight is 474 g/mol. The minimum atomic E-state index is -0.169. The van der Waals surface area contributed by atoms with Crippen LogP contribution in [0.2, 0.25) is 0 Å². The lowest BCUT2D eigenvalue weighted by Gasteiger charge is -2.11. The summed E-state index contributed by atoms with van der Waals surface area (Å²) in [6, 6.07) is 25.2. The molecule has 0 aliphatic rings. The molecule has 6 nitrogen and oxygen atoms in total. The highest BCUT2D eigenvalue weighted by atomic mass is 16.5. The summed E-state index contributed by atoms with van der Waals surface area (Å²) in [5.74, 6) is 0.631. The topological polar surface area (TPSA) is 79.5 Å². The van der Waals surface area contributed by atoms with Crippen molar-refractivity contribution in [3.63, 3.8) is 0 Å². The highest BCUT2D eigenvalue weighted by Crippen LogP contribution is 2.18. The Balaban J connectivity index is 1.36. The van der Waals surface area contributed by atoms with E-state index in [4.69, 9.17) is 4.74 Å². The van der Waals surface area contributed by atoms with E-state index in [1.54, 1.807) is 12.1 Å². The van der Waals surface area contributed by atoms with Gasteiger partial charge in [-0.1, -0.05) is 56.2 Å². The third-order valence-electron chi connectivity index (χ3n) is 5.47. The quantitative estimate of drug-likeness (QED) is 0.241. The Morgan fingerprint density at radius 2 is 1.46 bits per heavy atom. The first-order valence-electron chi connectivity index (χ1n) is 12.3. The van der Waals surface area contributed by atoms with Gasteiger partial charge in [-0.15, -0.1) is 0 Å². The van der Waals surface area contributed by atoms with Gasteiger partial charge in [0.15, 0.2) is 0 Å². The second-order valence-electron chi connectivity index (χ2n) is 8.45. The summed E-state index contributed by atoms with van der Waals surface area (Å²) in [5, 5.41) is 8.86. The second-order valence-corrected chi connectivity index (χ2v) is 8.45. The van der Waals surface area contributed by atoms with Crippen molar-refractivity contribution >= 4 is 28.9 Å². The van der Waals surface area contributed by atoms with Crippen molar-refractivity contribution in [2.75, 3.05) is 29.1 Å². The number of anilines is 3. The van der Waals surface area contributed by atoms with E-state index in [9.17, 15) is 9.59 Å². The van der Waals surface area contributed by atoms with Crippen LogP contribution >= 0.6 is 0 Å². The van der Waals surface area contributed by atoms with E-state index in [2.05, 4.69) is 47.1 Å². The molecule has 3 aromatic rings. The maximum absolute atomic E-state index is 12.4. The maximum atomic E-state index is 12.4. The zero-order valence-electron chi connectivity index (χ0n) is 20.4. The van der Waals surface area contributed by atoms with Crippen molar-refractivity contribution < 1.29 is 14.3 Å². The molecule has 3 rings (SSSR count). The lowest BCUT2D eigenvalue weighted by Crippen LogP contribution is -2.21. The molecule has 0 saturated carbocycles. The van der Waals surface area contributed by atoms with E-state index in [0.717, 1.165) is 43.5 Å². The van der Waals surface area contributed by atoms with Gasteiger partial charge in [-0.2, -0.15) is 0 Å². The van der Waals surface area contributed by atoms with Gasteiger partial charge in [0.05, 0.1) is 13.2 Å². The van der Waals surface area contributed by atoms with E-state index in [1.807, 2.05) is 42.5 Å². The highest BCUT2D eigenvalue weighted by molar-refractivity contribution is 5.95. The van der Waals surface area contributed by atoms with Gasteiger partial charge in [-0.25, -0.2) is 0 Å². The van der Waals surface area contributed by atoms with E-state index >= 15 is 0 Å². The van der Waals surface area contributed by atoms with Crippen LogP contribution in [0.4, 0.5) is 17.1 Å². The number of hydrogen-bond acceptors (Lipinski definition) is 4. The molecular formula is C29H35N3O3. The van der Waals surface area contributed by atoms with Crippen molar-refractivity contribution in [2.24, 2.45) is 0 Å². The third-order valence-corrected chi connectivity index (χ3v) is 5.47. The number of ether oxygens (including phenoxy) is 1. The van der Waals surface area contributed by atoms with Crippen LogP contribution in [0.5, 0.6) is 5.75 Å². The van der Waals surface area contributed by atoms with E-state index < -0.39 is 0 Å². The lowest BCUT2D eigenvalue weighted by atomic mass is 10.1. The predicted octanol–water partition coefficient (Wildman–Crippen LogP) is 6.27. The molecule has 0 fully saturated rings. The van der Waals surface area contributed by atoms with Crippen LogP contribution in [-0.2, 0) is 16.0 Å². The number of carbonyl (C=O) groups excluding carboxylic acids is 2. The third kappa shape index (κ3) is 9.92. The van der Waals surface area contributed by atoms with Crippen LogP contribution < -0.4 is 20.7 Å². The molecule has 0 aliphatic carbocycles. The molecule has 184 valence electrons. The molecule has 0 spiro atoms. The van der Waals surface area contributed by atoms with Crippen molar-refractivity contribution in [3.8, 4) is 5.75 Å². The standard InChI is InChI=1S/C29H35N3O3/c1-2-3-5-15-28(33)31-25-13-8-14-26(21-25)32-29(34)22-30-24-16-18-27(19-17-24)35-20-9-12-23-10-6-4-7-11-23/h4,6-8,10-11,13-14,16-19,21,30H,2-3,5,9,12,15,20,22H2,1H3,(H,31,33)(H,32,34). The first-order valence-corrected chi connectivity index (χ1v) is 12.3. The van der Waals surface area contributed by atoms with Crippen molar-refractivity contribution in [1.29, 1.82) is 0 Å². The molecule has 0 unspecified atom stereocenters. The monoisotopic (exact) mass is 473 g/mol. The second kappa shape index (κ2) is 14.5. The van der Waals surface area contributed by atoms with Crippen molar-refractivity contribution in [3.05, 3.63) is 84.4 Å². The molecule has 0 saturated heterocycles. The van der Waals surface area contributed by atoms with Crippen molar-refractivity contribution in [2.45, 2.75) is 45.4 Å². The first-order chi connectivity index (χ1) is 17.1. The number of hydrogen-bond donors (Lipinski definition) is 3. The first kappa shape index (κ1) is 25.8. The van der Waals surface area contributed by atoms with Gasteiger partial charge in [-0.05, 0) is 67.3 Å². The Morgan fingerprint density at radius 3 is 2.17 bits per heavy atom. The Hall–Kier alpha value is -3.80. The van der Waals surface area contributed by atoms with Gasteiger partial charge in [0, 0.05) is 23.5 Å². The SMILES string of the molecule is CCCCCC(=O)Nc1cccc(NC(=O)CNc2ccc(OCCCc3ccccc3)cc2)c1. The van der Waals surface area contributed by atoms with Gasteiger partial charge in [0.1, 0.15) is 5.75 Å². The summed E-state index contributed by atoms with van der Waals surface area (Å²) in [4.78, 5) is 24.4. The zero-order valence-corrected chi connectivity index (χ0v) is 20.4. The molecule has 0 heterocycles. The fourth-order valence-electron chi connectivity index (χ4n) is 3.60. The van der Waals surface area contributed by atoms with Gasteiger partial charge in [-0.3, -0.25) is 9.59 Å². The summed E-state index contributed by atoms with van der Waals surface area (Å²) in [5.41, 5.74) is 3.47. The van der Waals surface area contributed by atoms with Gasteiger partial charge >= 0.3 is 0 Å². The molecule has 35 heavy (non-hydrogen) atoms. The zero-order chi connectivity index (χ0) is 24.7. The molecule has 0 bridgehead atoms. The fourth-order valence-corrected chi connectivity index (χ4v) is 3.60. The Bertz CT molecular complexity index is 1050. The molecular weight excluding hydrogens is 438 g/mol. The summed E-state index contributed by atoms with van der Waals surface area (Å²) < 4.78 is 5.82. The molecule has 3 N–H and O–H groups in total. The number of amides is 2. The van der Waals surface area contributed by atoms with Crippen LogP contribution in [0.3, 0.4) is 0 Å². The minimum Gasteiger partial charge on any atom is -0.494 e. The number of benzene rings is 3. The largest absolute Gasteiger partial charge is 0.494 e. The van der Waals surface area contributed by atoms with Crippen LogP contribution in [0, 0.1) is 0 Å². The number of aryl methyl sites for hydroxylation is 1. The number of unbranched alkanes of at least 4 members (excludes halogenated alkanes) is 2. The summed E-state index contributed by atoms with van der Waals surface area (Å²) in [6.45, 7) is 2.89. The predicted molar refractivity (Wildman–Crippen MR) is 143 cm³/mol. The summed E-state index contributed by atoms with van der Waals surface area (Å²) in [6.07, 6.45) is 5.45. The highest BCUT2D eigenvalue weighted by Gasteiger charge is 2.06. The Morgan fingerprint density at radius 1 is 0.743 bits per heavy atom. The number of carbonyl (C=O) groups is 2. The normalized spacial score (nSPS) is 10.4. The number of rotatable bonds is 14. The van der Waals surface area contributed by atoms with Crippen LogP contribution in [0.25, 0.3) is 0 Å². The molecule has 0 atom stereocenters. The van der Waals surface area contributed by atoms with Gasteiger partial charge < -0.3 is 20.7 Å². The van der Waals surface area contributed by atoms with E-state index in [-0.39, 0.29) is 18.4 Å². The number of nitrogens with one attached hydrogen (secondary N) is 3. The van der Waals surface area contributed by atoms with Crippen molar-refractivity contribution in [1.82, 2.24) is 0 Å². The fraction of sp³-hybridized carbons (Fsp3) is 0.310. The maximum Gasteiger partial charge on any atom is 0.243 e. The van der Waals surface area contributed by atoms with Gasteiger partial charge in [0.2, 0.25) is 11.8 Å². The van der Waals surface area contributed by atoms with E-state index in [1.165, 1.54) is 5.56 Å². The van der Waals surface area contributed by atoms with Crippen LogP contribution in [-0.4, -0.2) is 25.0 Å². The van der Waals surface area contributed by atoms with Crippen LogP contribution in [0.1, 0.15) is 44.6 Å². The average Bonchev–Trinajstić information content (AvgIpc) is 2.87. The molecule has 3 aromatic carbocycles. The summed E-state index contributed by atoms with van der Waals surface area (Å²) in [7, 11) is 0. The smallest absolute Gasteiger partial charge is 0.243 e. The molecule has 2 amide bonds. The van der Waals surface area contributed by atoms with E-state index in [0.29, 0.717) is 24.4 Å². The van der Waals surface area contributed by atoms with Crippen LogP contribution in [0.15, 0.2) is 78.9 Å². The summed E-state index contributed by atoms with van der Waals surface area (Å²) >= 11 is 0. The minimum absolute atomic E-state index is 0.00721. The lowest BCUT2D eigenvalue weighted by molar-refractivity contribution is -0.116.